The van der Waals surface area contributed by atoms with Gasteiger partial charge in [-0.05, 0) is 42.3 Å². The maximum Gasteiger partial charge on any atom is 0.251 e. The number of benzene rings is 2. The largest absolute Gasteiger partial charge is 0.368 e. The Morgan fingerprint density at radius 2 is 1.75 bits per heavy atom. The lowest BCUT2D eigenvalue weighted by molar-refractivity contribution is -0.117. The van der Waals surface area contributed by atoms with Gasteiger partial charge in [0.05, 0.1) is 13.1 Å². The summed E-state index contributed by atoms with van der Waals surface area (Å²) in [6, 6.07) is 13.6. The summed E-state index contributed by atoms with van der Waals surface area (Å²) in [5.41, 5.74) is 7.00. The molecule has 0 saturated carbocycles. The molecule has 0 heterocycles. The lowest BCUT2D eigenvalue weighted by Gasteiger charge is -2.27. The van der Waals surface area contributed by atoms with Gasteiger partial charge in [0.2, 0.25) is 5.91 Å². The number of primary amides is 1. The van der Waals surface area contributed by atoms with Gasteiger partial charge in [0.1, 0.15) is 5.82 Å². The number of nitrogens with zero attached hydrogens (tertiary/aromatic N) is 1. The molecule has 32 heavy (non-hydrogen) atoms. The molecule has 0 unspecified atom stereocenters. The molecule has 0 aliphatic carbocycles. The molecule has 9 heteroatoms. The van der Waals surface area contributed by atoms with Crippen LogP contribution in [0.3, 0.4) is 0 Å². The van der Waals surface area contributed by atoms with E-state index in [1.54, 1.807) is 24.3 Å². The summed E-state index contributed by atoms with van der Waals surface area (Å²) in [7, 11) is 0. The van der Waals surface area contributed by atoms with Crippen molar-refractivity contribution < 1.29 is 14.0 Å². The Morgan fingerprint density at radius 1 is 1.06 bits per heavy atom. The fourth-order valence-electron chi connectivity index (χ4n) is 2.86. The van der Waals surface area contributed by atoms with Crippen molar-refractivity contribution in [3.63, 3.8) is 0 Å². The van der Waals surface area contributed by atoms with E-state index in [0.717, 1.165) is 11.1 Å². The average molecular weight is 555 g/mol. The summed E-state index contributed by atoms with van der Waals surface area (Å²) < 4.78 is 13.6. The summed E-state index contributed by atoms with van der Waals surface area (Å²) in [6.45, 7) is 7.55. The molecule has 174 valence electrons. The zero-order valence-electron chi connectivity index (χ0n) is 18.6. The van der Waals surface area contributed by atoms with E-state index >= 15 is 0 Å². The maximum atomic E-state index is 13.6. The summed E-state index contributed by atoms with van der Waals surface area (Å²) in [5.74, 6) is -0.556. The van der Waals surface area contributed by atoms with Crippen molar-refractivity contribution in [2.45, 2.75) is 32.7 Å². The van der Waals surface area contributed by atoms with Gasteiger partial charge in [-0.3, -0.25) is 9.59 Å². The predicted molar refractivity (Wildman–Crippen MR) is 136 cm³/mol. The Balaban J connectivity index is 0.00000512. The van der Waals surface area contributed by atoms with Crippen LogP contribution in [-0.4, -0.2) is 37.4 Å². The van der Waals surface area contributed by atoms with Gasteiger partial charge >= 0.3 is 0 Å². The molecule has 0 aliphatic heterocycles. The highest BCUT2D eigenvalue weighted by Crippen LogP contribution is 2.22. The molecule has 0 radical (unpaired) electrons. The molecular formula is C23H31FIN5O2. The smallest absolute Gasteiger partial charge is 0.251 e. The number of guanidine groups is 1. The van der Waals surface area contributed by atoms with E-state index in [9.17, 15) is 14.0 Å². The van der Waals surface area contributed by atoms with Crippen LogP contribution in [0.4, 0.5) is 4.39 Å². The zero-order chi connectivity index (χ0) is 22.9. The first-order chi connectivity index (χ1) is 14.7. The highest BCUT2D eigenvalue weighted by molar-refractivity contribution is 14.0. The van der Waals surface area contributed by atoms with E-state index in [1.807, 2.05) is 39.0 Å². The molecule has 2 aromatic rings. The minimum atomic E-state index is -0.594. The SMILES string of the molecule is CCNC(=NCc1ccc(C(=O)NCC(N)=O)cc1)NCC(C)(C)c1cccc(F)c1.I. The molecule has 7 nitrogen and oxygen atoms in total. The lowest BCUT2D eigenvalue weighted by atomic mass is 9.84. The molecular weight excluding hydrogens is 524 g/mol. The third-order valence-electron chi connectivity index (χ3n) is 4.71. The topological polar surface area (TPSA) is 109 Å². The highest BCUT2D eigenvalue weighted by atomic mass is 127. The van der Waals surface area contributed by atoms with Crippen molar-refractivity contribution in [3.05, 3.63) is 71.0 Å². The first-order valence-corrected chi connectivity index (χ1v) is 10.1. The van der Waals surface area contributed by atoms with Gasteiger partial charge in [0, 0.05) is 24.1 Å². The second-order valence-electron chi connectivity index (χ2n) is 7.79. The van der Waals surface area contributed by atoms with Crippen LogP contribution in [0, 0.1) is 5.82 Å². The van der Waals surface area contributed by atoms with Crippen LogP contribution in [0.25, 0.3) is 0 Å². The van der Waals surface area contributed by atoms with Crippen LogP contribution in [0.15, 0.2) is 53.5 Å². The Labute approximate surface area is 205 Å². The Bertz CT molecular complexity index is 932. The van der Waals surface area contributed by atoms with Gasteiger partial charge in [0.25, 0.3) is 5.91 Å². The van der Waals surface area contributed by atoms with Gasteiger partial charge in [-0.2, -0.15) is 0 Å². The molecule has 2 rings (SSSR count). The monoisotopic (exact) mass is 555 g/mol. The maximum absolute atomic E-state index is 13.6. The van der Waals surface area contributed by atoms with E-state index in [0.29, 0.717) is 31.2 Å². The van der Waals surface area contributed by atoms with Crippen LogP contribution in [0.5, 0.6) is 0 Å². The van der Waals surface area contributed by atoms with E-state index in [4.69, 9.17) is 5.73 Å². The molecule has 2 aromatic carbocycles. The number of carbonyl (C=O) groups excluding carboxylic acids is 2. The Morgan fingerprint density at radius 3 is 2.34 bits per heavy atom. The van der Waals surface area contributed by atoms with Crippen molar-refractivity contribution in [3.8, 4) is 0 Å². The summed E-state index contributed by atoms with van der Waals surface area (Å²) in [6.07, 6.45) is 0. The molecule has 0 aromatic heterocycles. The van der Waals surface area contributed by atoms with Crippen molar-refractivity contribution in [2.24, 2.45) is 10.7 Å². The first-order valence-electron chi connectivity index (χ1n) is 10.1. The Hall–Kier alpha value is -2.69. The van der Waals surface area contributed by atoms with Gasteiger partial charge in [-0.1, -0.05) is 38.1 Å². The number of halogens is 2. The van der Waals surface area contributed by atoms with Gasteiger partial charge in [-0.25, -0.2) is 9.38 Å². The molecule has 5 N–H and O–H groups in total. The number of hydrogen-bond acceptors (Lipinski definition) is 3. The third-order valence-corrected chi connectivity index (χ3v) is 4.71. The normalized spacial score (nSPS) is 11.3. The van der Waals surface area contributed by atoms with E-state index < -0.39 is 5.91 Å². The number of carbonyl (C=O) groups is 2. The van der Waals surface area contributed by atoms with E-state index in [-0.39, 0.29) is 47.7 Å². The van der Waals surface area contributed by atoms with Gasteiger partial charge in [-0.15, -0.1) is 24.0 Å². The number of rotatable bonds is 9. The number of aliphatic imine (C=N–C) groups is 1. The lowest BCUT2D eigenvalue weighted by Crippen LogP contribution is -2.43. The average Bonchev–Trinajstić information content (AvgIpc) is 2.74. The van der Waals surface area contributed by atoms with Crippen LogP contribution < -0.4 is 21.7 Å². The number of nitrogens with two attached hydrogens (primary N) is 1. The summed E-state index contributed by atoms with van der Waals surface area (Å²) >= 11 is 0. The minimum Gasteiger partial charge on any atom is -0.368 e. The highest BCUT2D eigenvalue weighted by Gasteiger charge is 2.21. The van der Waals surface area contributed by atoms with Crippen molar-refractivity contribution >= 4 is 41.8 Å². The fraction of sp³-hybridized carbons (Fsp3) is 0.348. The quantitative estimate of drug-likeness (QED) is 0.217. The third kappa shape index (κ3) is 8.81. The van der Waals surface area contributed by atoms with Gasteiger partial charge < -0.3 is 21.7 Å². The molecule has 0 fully saturated rings. The van der Waals surface area contributed by atoms with Crippen molar-refractivity contribution in [1.82, 2.24) is 16.0 Å². The predicted octanol–water partition coefficient (Wildman–Crippen LogP) is 2.69. The molecule has 0 aliphatic rings. The van der Waals surface area contributed by atoms with Crippen molar-refractivity contribution in [1.29, 1.82) is 0 Å². The van der Waals surface area contributed by atoms with Crippen LogP contribution in [0.2, 0.25) is 0 Å². The zero-order valence-corrected chi connectivity index (χ0v) is 20.9. The standard InChI is InChI=1S/C23H30FN5O2.HI/c1-4-26-22(29-15-23(2,3)18-6-5-7-19(24)12-18)28-13-16-8-10-17(11-9-16)21(31)27-14-20(25)30;/h5-12H,4,13-15H2,1-3H3,(H2,25,30)(H,27,31)(H2,26,28,29);1H. The first kappa shape index (κ1) is 27.3. The molecule has 0 spiro atoms. The summed E-state index contributed by atoms with van der Waals surface area (Å²) in [4.78, 5) is 27.3. The van der Waals surface area contributed by atoms with Crippen molar-refractivity contribution in [2.75, 3.05) is 19.6 Å². The van der Waals surface area contributed by atoms with E-state index in [2.05, 4.69) is 20.9 Å². The van der Waals surface area contributed by atoms with Crippen LogP contribution in [-0.2, 0) is 16.8 Å². The summed E-state index contributed by atoms with van der Waals surface area (Å²) in [5, 5.41) is 8.96. The molecule has 2 amide bonds. The molecule has 0 bridgehead atoms. The second-order valence-corrected chi connectivity index (χ2v) is 7.79. The van der Waals surface area contributed by atoms with Crippen LogP contribution in [0.1, 0.15) is 42.3 Å². The fourth-order valence-corrected chi connectivity index (χ4v) is 2.86. The minimum absolute atomic E-state index is 0. The Kier molecular flexibility index (Phi) is 11.1. The second kappa shape index (κ2) is 13.0. The number of amides is 2. The molecule has 0 saturated heterocycles. The van der Waals surface area contributed by atoms with Gasteiger partial charge in [0.15, 0.2) is 5.96 Å². The van der Waals surface area contributed by atoms with Crippen LogP contribution >= 0.6 is 24.0 Å². The number of hydrogen-bond donors (Lipinski definition) is 4. The van der Waals surface area contributed by atoms with E-state index in [1.165, 1.54) is 6.07 Å². The number of nitrogens with one attached hydrogen (secondary N) is 3. The molecule has 0 atom stereocenters.